The van der Waals surface area contributed by atoms with Gasteiger partial charge in [-0.3, -0.25) is 0 Å². The van der Waals surface area contributed by atoms with Crippen LogP contribution in [0.2, 0.25) is 0 Å². The van der Waals surface area contributed by atoms with Crippen molar-refractivity contribution in [1.82, 2.24) is 0 Å². The first-order valence-corrected chi connectivity index (χ1v) is 5.53. The van der Waals surface area contributed by atoms with Gasteiger partial charge >= 0.3 is 0 Å². The summed E-state index contributed by atoms with van der Waals surface area (Å²) < 4.78 is 10.5. The molecule has 2 atom stereocenters. The minimum absolute atomic E-state index is 0.247. The molecule has 2 unspecified atom stereocenters. The molecule has 0 amide bonds. The molecule has 1 aliphatic heterocycles. The Kier molecular flexibility index (Phi) is 4.85. The van der Waals surface area contributed by atoms with Gasteiger partial charge in [0.25, 0.3) is 0 Å². The third-order valence-corrected chi connectivity index (χ3v) is 2.97. The van der Waals surface area contributed by atoms with Crippen molar-refractivity contribution in [3.05, 3.63) is 0 Å². The second-order valence-electron chi connectivity index (χ2n) is 4.18. The summed E-state index contributed by atoms with van der Waals surface area (Å²) in [6, 6.07) is 0. The van der Waals surface area contributed by atoms with Gasteiger partial charge in [0.1, 0.15) is 0 Å². The molecule has 0 spiro atoms. The highest BCUT2D eigenvalue weighted by molar-refractivity contribution is 4.85. The molecular formula is C11H22O3. The van der Waals surface area contributed by atoms with Crippen molar-refractivity contribution in [1.29, 1.82) is 0 Å². The summed E-state index contributed by atoms with van der Waals surface area (Å²) in [6.07, 6.45) is 4.56. The molecule has 1 N–H and O–H groups in total. The Morgan fingerprint density at radius 1 is 1.57 bits per heavy atom. The Morgan fingerprint density at radius 2 is 2.36 bits per heavy atom. The molecule has 1 aliphatic rings. The standard InChI is InChI=1S/C11H22O3/c1-3-10-9-11(12,6-8-14-10)5-4-7-13-2/h10,12H,3-9H2,1-2H3. The van der Waals surface area contributed by atoms with Crippen LogP contribution in [-0.4, -0.2) is 37.1 Å². The highest BCUT2D eigenvalue weighted by atomic mass is 16.5. The normalized spacial score (nSPS) is 33.2. The fourth-order valence-electron chi connectivity index (χ4n) is 2.04. The van der Waals surface area contributed by atoms with Gasteiger partial charge in [-0.2, -0.15) is 0 Å². The third kappa shape index (κ3) is 3.56. The van der Waals surface area contributed by atoms with Gasteiger partial charge in [0, 0.05) is 26.7 Å². The van der Waals surface area contributed by atoms with Crippen LogP contribution >= 0.6 is 0 Å². The maximum Gasteiger partial charge on any atom is 0.0695 e. The minimum Gasteiger partial charge on any atom is -0.390 e. The molecule has 0 bridgehead atoms. The molecule has 14 heavy (non-hydrogen) atoms. The van der Waals surface area contributed by atoms with Crippen LogP contribution in [0.3, 0.4) is 0 Å². The molecule has 1 fully saturated rings. The second-order valence-corrected chi connectivity index (χ2v) is 4.18. The van der Waals surface area contributed by atoms with Gasteiger partial charge in [0.15, 0.2) is 0 Å². The van der Waals surface area contributed by atoms with E-state index in [0.717, 1.165) is 38.7 Å². The molecule has 3 heteroatoms. The van der Waals surface area contributed by atoms with Crippen LogP contribution < -0.4 is 0 Å². The SMILES string of the molecule is CCC1CC(O)(CCCOC)CCO1. The van der Waals surface area contributed by atoms with Gasteiger partial charge in [-0.05, 0) is 25.7 Å². The van der Waals surface area contributed by atoms with E-state index in [1.807, 2.05) is 0 Å². The van der Waals surface area contributed by atoms with Crippen molar-refractivity contribution in [3.8, 4) is 0 Å². The van der Waals surface area contributed by atoms with E-state index in [2.05, 4.69) is 6.92 Å². The van der Waals surface area contributed by atoms with E-state index in [9.17, 15) is 5.11 Å². The van der Waals surface area contributed by atoms with E-state index in [0.29, 0.717) is 6.61 Å². The van der Waals surface area contributed by atoms with Crippen molar-refractivity contribution in [2.45, 2.75) is 50.7 Å². The first kappa shape index (κ1) is 12.0. The monoisotopic (exact) mass is 202 g/mol. The van der Waals surface area contributed by atoms with Crippen molar-refractivity contribution in [2.75, 3.05) is 20.3 Å². The van der Waals surface area contributed by atoms with Crippen LogP contribution in [0.25, 0.3) is 0 Å². The Balaban J connectivity index is 2.31. The lowest BCUT2D eigenvalue weighted by Crippen LogP contribution is -2.40. The summed E-state index contributed by atoms with van der Waals surface area (Å²) in [4.78, 5) is 0. The third-order valence-electron chi connectivity index (χ3n) is 2.97. The van der Waals surface area contributed by atoms with Crippen LogP contribution in [0.1, 0.15) is 39.0 Å². The summed E-state index contributed by atoms with van der Waals surface area (Å²) in [7, 11) is 1.70. The van der Waals surface area contributed by atoms with Gasteiger partial charge in [-0.25, -0.2) is 0 Å². The number of hydrogen-bond donors (Lipinski definition) is 1. The van der Waals surface area contributed by atoms with Gasteiger partial charge in [-0.1, -0.05) is 6.92 Å². The van der Waals surface area contributed by atoms with Gasteiger partial charge in [0.05, 0.1) is 11.7 Å². The van der Waals surface area contributed by atoms with Crippen LogP contribution in [0, 0.1) is 0 Å². The molecule has 0 aromatic carbocycles. The number of methoxy groups -OCH3 is 1. The average Bonchev–Trinajstić information content (AvgIpc) is 2.18. The zero-order chi connectivity index (χ0) is 10.4. The Morgan fingerprint density at radius 3 is 3.00 bits per heavy atom. The maximum absolute atomic E-state index is 10.3. The molecule has 0 aliphatic carbocycles. The fraction of sp³-hybridized carbons (Fsp3) is 1.00. The largest absolute Gasteiger partial charge is 0.390 e. The molecule has 84 valence electrons. The maximum atomic E-state index is 10.3. The number of hydrogen-bond acceptors (Lipinski definition) is 3. The lowest BCUT2D eigenvalue weighted by Gasteiger charge is -2.36. The van der Waals surface area contributed by atoms with E-state index >= 15 is 0 Å². The van der Waals surface area contributed by atoms with Gasteiger partial charge in [0.2, 0.25) is 0 Å². The summed E-state index contributed by atoms with van der Waals surface area (Å²) in [5, 5.41) is 10.3. The van der Waals surface area contributed by atoms with E-state index < -0.39 is 5.60 Å². The quantitative estimate of drug-likeness (QED) is 0.690. The lowest BCUT2D eigenvalue weighted by molar-refractivity contribution is -0.109. The first-order valence-electron chi connectivity index (χ1n) is 5.53. The van der Waals surface area contributed by atoms with Crippen LogP contribution in [0.5, 0.6) is 0 Å². The van der Waals surface area contributed by atoms with Crippen molar-refractivity contribution in [3.63, 3.8) is 0 Å². The fourth-order valence-corrected chi connectivity index (χ4v) is 2.04. The first-order chi connectivity index (χ1) is 6.70. The van der Waals surface area contributed by atoms with E-state index in [4.69, 9.17) is 9.47 Å². The van der Waals surface area contributed by atoms with Gasteiger partial charge < -0.3 is 14.6 Å². The molecule has 3 nitrogen and oxygen atoms in total. The van der Waals surface area contributed by atoms with E-state index in [-0.39, 0.29) is 6.10 Å². The number of ether oxygens (including phenoxy) is 2. The molecule has 0 aromatic rings. The molecule has 0 saturated carbocycles. The molecule has 0 radical (unpaired) electrons. The Bertz CT molecular complexity index is 161. The van der Waals surface area contributed by atoms with E-state index in [1.54, 1.807) is 7.11 Å². The van der Waals surface area contributed by atoms with Crippen LogP contribution in [0.15, 0.2) is 0 Å². The summed E-state index contributed by atoms with van der Waals surface area (Å²) >= 11 is 0. The molecule has 1 saturated heterocycles. The Hall–Kier alpha value is -0.120. The molecule has 1 heterocycles. The van der Waals surface area contributed by atoms with Crippen molar-refractivity contribution >= 4 is 0 Å². The molecule has 1 rings (SSSR count). The molecule has 0 aromatic heterocycles. The second kappa shape index (κ2) is 5.69. The van der Waals surface area contributed by atoms with E-state index in [1.165, 1.54) is 0 Å². The Labute approximate surface area is 86.4 Å². The summed E-state index contributed by atoms with van der Waals surface area (Å²) in [6.45, 7) is 3.54. The van der Waals surface area contributed by atoms with Crippen molar-refractivity contribution < 1.29 is 14.6 Å². The lowest BCUT2D eigenvalue weighted by atomic mass is 9.85. The summed E-state index contributed by atoms with van der Waals surface area (Å²) in [5.74, 6) is 0. The number of aliphatic hydroxyl groups is 1. The highest BCUT2D eigenvalue weighted by Gasteiger charge is 2.33. The predicted molar refractivity (Wildman–Crippen MR) is 55.3 cm³/mol. The zero-order valence-corrected chi connectivity index (χ0v) is 9.29. The predicted octanol–water partition coefficient (Wildman–Crippen LogP) is 1.73. The highest BCUT2D eigenvalue weighted by Crippen LogP contribution is 2.30. The smallest absolute Gasteiger partial charge is 0.0695 e. The number of rotatable bonds is 5. The molecular weight excluding hydrogens is 180 g/mol. The zero-order valence-electron chi connectivity index (χ0n) is 9.29. The topological polar surface area (TPSA) is 38.7 Å². The van der Waals surface area contributed by atoms with Gasteiger partial charge in [-0.15, -0.1) is 0 Å². The van der Waals surface area contributed by atoms with Crippen LogP contribution in [0.4, 0.5) is 0 Å². The average molecular weight is 202 g/mol. The van der Waals surface area contributed by atoms with Crippen LogP contribution in [-0.2, 0) is 9.47 Å². The summed E-state index contributed by atoms with van der Waals surface area (Å²) in [5.41, 5.74) is -0.503. The minimum atomic E-state index is -0.503. The van der Waals surface area contributed by atoms with Crippen molar-refractivity contribution in [2.24, 2.45) is 0 Å².